The van der Waals surface area contributed by atoms with Crippen LogP contribution in [0.25, 0.3) is 0 Å². The lowest BCUT2D eigenvalue weighted by Gasteiger charge is -2.37. The Hall–Kier alpha value is -1.47. The van der Waals surface area contributed by atoms with Gasteiger partial charge in [0.2, 0.25) is 15.9 Å². The summed E-state index contributed by atoms with van der Waals surface area (Å²) in [5.74, 6) is -0.310. The number of hydrogen-bond acceptors (Lipinski definition) is 4. The molecule has 1 aliphatic heterocycles. The maximum absolute atomic E-state index is 12.9. The number of carbonyl (C=O) groups is 1. The summed E-state index contributed by atoms with van der Waals surface area (Å²) in [6.45, 7) is 0.694. The van der Waals surface area contributed by atoms with Crippen LogP contribution in [0.15, 0.2) is 29.4 Å². The molecule has 1 spiro atoms. The van der Waals surface area contributed by atoms with Crippen LogP contribution in [-0.2, 0) is 14.8 Å². The van der Waals surface area contributed by atoms with Gasteiger partial charge in [-0.1, -0.05) is 19.3 Å². The van der Waals surface area contributed by atoms with Gasteiger partial charge in [0.25, 0.3) is 0 Å². The zero-order valence-electron chi connectivity index (χ0n) is 13.4. The number of sulfonamides is 1. The fraction of sp³-hybridized carbons (Fsp3) is 0.625. The van der Waals surface area contributed by atoms with Crippen molar-refractivity contribution in [2.24, 2.45) is 11.3 Å². The maximum atomic E-state index is 12.9. The van der Waals surface area contributed by atoms with Crippen LogP contribution in [0.2, 0.25) is 0 Å². The fourth-order valence-corrected chi connectivity index (χ4v) is 5.57. The van der Waals surface area contributed by atoms with Crippen molar-refractivity contribution >= 4 is 15.9 Å². The monoisotopic (exact) mass is 337 g/mol. The number of nitrogens with one attached hydrogen (secondary N) is 1. The normalized spacial score (nSPS) is 24.7. The molecule has 1 aromatic heterocycles. The van der Waals surface area contributed by atoms with Gasteiger partial charge in [-0.3, -0.25) is 9.78 Å². The summed E-state index contributed by atoms with van der Waals surface area (Å²) in [4.78, 5) is 16.5. The molecule has 6 nitrogen and oxygen atoms in total. The lowest BCUT2D eigenvalue weighted by molar-refractivity contribution is -0.127. The second-order valence-electron chi connectivity index (χ2n) is 6.58. The second kappa shape index (κ2) is 6.20. The predicted molar refractivity (Wildman–Crippen MR) is 86.1 cm³/mol. The van der Waals surface area contributed by atoms with Crippen LogP contribution in [0, 0.1) is 11.3 Å². The third-order valence-electron chi connectivity index (χ3n) is 5.30. The summed E-state index contributed by atoms with van der Waals surface area (Å²) in [6.07, 6.45) is 8.06. The van der Waals surface area contributed by atoms with E-state index in [0.717, 1.165) is 32.1 Å². The Kier molecular flexibility index (Phi) is 4.42. The molecule has 0 aromatic carbocycles. The van der Waals surface area contributed by atoms with Crippen molar-refractivity contribution in [2.75, 3.05) is 20.1 Å². The second-order valence-corrected chi connectivity index (χ2v) is 8.51. The first-order valence-corrected chi connectivity index (χ1v) is 9.55. The summed E-state index contributed by atoms with van der Waals surface area (Å²) < 4.78 is 27.2. The van der Waals surface area contributed by atoms with E-state index in [-0.39, 0.29) is 28.7 Å². The van der Waals surface area contributed by atoms with Gasteiger partial charge in [0.15, 0.2) is 0 Å². The lowest BCUT2D eigenvalue weighted by atomic mass is 9.67. The quantitative estimate of drug-likeness (QED) is 0.904. The SMILES string of the molecule is CNC(=O)C1CN(S(=O)(=O)c2cccnc2)CC12CCCCC2. The minimum absolute atomic E-state index is 0.0456. The van der Waals surface area contributed by atoms with E-state index in [1.165, 1.54) is 10.5 Å². The van der Waals surface area contributed by atoms with E-state index in [4.69, 9.17) is 0 Å². The Bertz CT molecular complexity index is 669. The van der Waals surface area contributed by atoms with Gasteiger partial charge in [-0.25, -0.2) is 8.42 Å². The van der Waals surface area contributed by atoms with Crippen LogP contribution in [0.4, 0.5) is 0 Å². The van der Waals surface area contributed by atoms with Crippen molar-refractivity contribution in [3.05, 3.63) is 24.5 Å². The zero-order chi connectivity index (χ0) is 16.5. The highest BCUT2D eigenvalue weighted by Crippen LogP contribution is 2.48. The van der Waals surface area contributed by atoms with Gasteiger partial charge < -0.3 is 5.32 Å². The van der Waals surface area contributed by atoms with Crippen LogP contribution in [0.3, 0.4) is 0 Å². The summed E-state index contributed by atoms with van der Waals surface area (Å²) in [6, 6.07) is 3.18. The summed E-state index contributed by atoms with van der Waals surface area (Å²) in [5, 5.41) is 2.72. The molecule has 126 valence electrons. The van der Waals surface area contributed by atoms with Crippen LogP contribution < -0.4 is 5.32 Å². The van der Waals surface area contributed by atoms with Crippen LogP contribution in [0.1, 0.15) is 32.1 Å². The van der Waals surface area contributed by atoms with Gasteiger partial charge in [-0.05, 0) is 30.4 Å². The first-order valence-electron chi connectivity index (χ1n) is 8.11. The van der Waals surface area contributed by atoms with Gasteiger partial charge in [0.1, 0.15) is 4.90 Å². The zero-order valence-corrected chi connectivity index (χ0v) is 14.2. The van der Waals surface area contributed by atoms with E-state index in [1.807, 2.05) is 0 Å². The molecule has 2 aliphatic rings. The van der Waals surface area contributed by atoms with Crippen LogP contribution in [0.5, 0.6) is 0 Å². The molecule has 0 bridgehead atoms. The van der Waals surface area contributed by atoms with Crippen LogP contribution in [-0.4, -0.2) is 43.8 Å². The van der Waals surface area contributed by atoms with Crippen molar-refractivity contribution in [1.82, 2.24) is 14.6 Å². The van der Waals surface area contributed by atoms with Crippen molar-refractivity contribution < 1.29 is 13.2 Å². The van der Waals surface area contributed by atoms with Crippen LogP contribution >= 0.6 is 0 Å². The van der Waals surface area contributed by atoms with Gasteiger partial charge in [-0.2, -0.15) is 4.31 Å². The van der Waals surface area contributed by atoms with Gasteiger partial charge in [0.05, 0.1) is 5.92 Å². The average Bonchev–Trinajstić information content (AvgIpc) is 2.95. The Balaban J connectivity index is 1.92. The molecule has 3 rings (SSSR count). The first kappa shape index (κ1) is 16.4. The minimum Gasteiger partial charge on any atom is -0.359 e. The van der Waals surface area contributed by atoms with Gasteiger partial charge in [-0.15, -0.1) is 0 Å². The molecule has 2 heterocycles. The summed E-state index contributed by atoms with van der Waals surface area (Å²) in [7, 11) is -1.98. The number of aromatic nitrogens is 1. The maximum Gasteiger partial charge on any atom is 0.244 e. The van der Waals surface area contributed by atoms with Crippen molar-refractivity contribution in [3.63, 3.8) is 0 Å². The molecular weight excluding hydrogens is 314 g/mol. The van der Waals surface area contributed by atoms with E-state index in [2.05, 4.69) is 10.3 Å². The number of pyridine rings is 1. The molecule has 1 aliphatic carbocycles. The minimum atomic E-state index is -3.60. The molecule has 1 saturated heterocycles. The molecule has 1 aromatic rings. The Morgan fingerprint density at radius 2 is 2.09 bits per heavy atom. The molecule has 23 heavy (non-hydrogen) atoms. The highest BCUT2D eigenvalue weighted by Gasteiger charge is 2.52. The summed E-state index contributed by atoms with van der Waals surface area (Å²) in [5.41, 5.74) is -0.215. The van der Waals surface area contributed by atoms with E-state index >= 15 is 0 Å². The average molecular weight is 337 g/mol. The molecule has 1 saturated carbocycles. The highest BCUT2D eigenvalue weighted by atomic mass is 32.2. The largest absolute Gasteiger partial charge is 0.359 e. The van der Waals surface area contributed by atoms with Crippen molar-refractivity contribution in [1.29, 1.82) is 0 Å². The van der Waals surface area contributed by atoms with E-state index < -0.39 is 10.0 Å². The first-order chi connectivity index (χ1) is 11.0. The molecular formula is C16H23N3O3S. The van der Waals surface area contributed by atoms with E-state index in [0.29, 0.717) is 6.54 Å². The Morgan fingerprint density at radius 1 is 1.35 bits per heavy atom. The molecule has 1 unspecified atom stereocenters. The molecule has 1 atom stereocenters. The predicted octanol–water partition coefficient (Wildman–Crippen LogP) is 1.40. The third-order valence-corrected chi connectivity index (χ3v) is 7.10. The standard InChI is InChI=1S/C16H23N3O3S/c1-17-15(20)14-11-19(12-16(14)7-3-2-4-8-16)23(21,22)13-6-5-9-18-10-13/h5-6,9-10,14H,2-4,7-8,11-12H2,1H3,(H,17,20). The fourth-order valence-electron chi connectivity index (χ4n) is 4.05. The number of nitrogens with zero attached hydrogens (tertiary/aromatic N) is 2. The van der Waals surface area contributed by atoms with Gasteiger partial charge in [0, 0.05) is 32.5 Å². The number of hydrogen-bond donors (Lipinski definition) is 1. The van der Waals surface area contributed by atoms with E-state index in [1.54, 1.807) is 25.4 Å². The Morgan fingerprint density at radius 3 is 2.70 bits per heavy atom. The molecule has 7 heteroatoms. The highest BCUT2D eigenvalue weighted by molar-refractivity contribution is 7.89. The van der Waals surface area contributed by atoms with Crippen molar-refractivity contribution in [3.8, 4) is 0 Å². The molecule has 0 radical (unpaired) electrons. The third kappa shape index (κ3) is 2.87. The molecule has 1 N–H and O–H groups in total. The summed E-state index contributed by atoms with van der Waals surface area (Å²) >= 11 is 0. The Labute approximate surface area is 137 Å². The molecule has 2 fully saturated rings. The number of amides is 1. The smallest absolute Gasteiger partial charge is 0.244 e. The topological polar surface area (TPSA) is 79.4 Å². The number of rotatable bonds is 3. The lowest BCUT2D eigenvalue weighted by Crippen LogP contribution is -2.41. The number of carbonyl (C=O) groups excluding carboxylic acids is 1. The van der Waals surface area contributed by atoms with E-state index in [9.17, 15) is 13.2 Å². The van der Waals surface area contributed by atoms with Crippen molar-refractivity contribution in [2.45, 2.75) is 37.0 Å². The molecule has 1 amide bonds. The van der Waals surface area contributed by atoms with Gasteiger partial charge >= 0.3 is 0 Å².